The molecule has 150 valence electrons. The molecule has 0 spiro atoms. The Kier molecular flexibility index (Phi) is 5.87. The van der Waals surface area contributed by atoms with E-state index >= 15 is 0 Å². The number of nitrogens with zero attached hydrogens (tertiary/aromatic N) is 4. The number of amides is 3. The van der Waals surface area contributed by atoms with E-state index in [0.717, 1.165) is 55.7 Å². The molecule has 1 aromatic rings. The first-order valence-electron chi connectivity index (χ1n) is 9.91. The summed E-state index contributed by atoms with van der Waals surface area (Å²) in [5.41, 5.74) is 1.26. The normalized spacial score (nSPS) is 24.1. The van der Waals surface area contributed by atoms with Crippen LogP contribution in [0.5, 0.6) is 0 Å². The maximum absolute atomic E-state index is 12.7. The van der Waals surface area contributed by atoms with E-state index in [1.165, 1.54) is 5.69 Å². The summed E-state index contributed by atoms with van der Waals surface area (Å²) in [6.07, 6.45) is 2.05. The van der Waals surface area contributed by atoms with Crippen molar-refractivity contribution in [1.29, 1.82) is 0 Å². The topological polar surface area (TPSA) is 64.2 Å². The second-order valence-electron chi connectivity index (χ2n) is 7.53. The molecule has 0 N–H and O–H groups in total. The Labute approximate surface area is 169 Å². The zero-order valence-corrected chi connectivity index (χ0v) is 16.8. The fourth-order valence-electron chi connectivity index (χ4n) is 4.23. The minimum absolute atomic E-state index is 0.112. The first-order valence-corrected chi connectivity index (χ1v) is 10.9. The van der Waals surface area contributed by atoms with Crippen LogP contribution in [0.15, 0.2) is 30.3 Å². The van der Waals surface area contributed by atoms with Crippen molar-refractivity contribution in [2.24, 2.45) is 0 Å². The van der Waals surface area contributed by atoms with Crippen LogP contribution in [-0.2, 0) is 9.59 Å². The summed E-state index contributed by atoms with van der Waals surface area (Å²) in [6, 6.07) is 10.8. The summed E-state index contributed by atoms with van der Waals surface area (Å²) in [6.45, 7) is 5.24. The van der Waals surface area contributed by atoms with E-state index < -0.39 is 0 Å². The smallest absolute Gasteiger partial charge is 0.289 e. The molecule has 3 aliphatic heterocycles. The van der Waals surface area contributed by atoms with Gasteiger partial charge in [-0.15, -0.1) is 0 Å². The molecule has 3 fully saturated rings. The number of hydrogen-bond donors (Lipinski definition) is 0. The van der Waals surface area contributed by atoms with Gasteiger partial charge in [0.15, 0.2) is 0 Å². The molecule has 8 heteroatoms. The van der Waals surface area contributed by atoms with Crippen LogP contribution in [0.1, 0.15) is 12.8 Å². The minimum Gasteiger partial charge on any atom is -0.369 e. The summed E-state index contributed by atoms with van der Waals surface area (Å²) in [4.78, 5) is 44.0. The Morgan fingerprint density at radius 1 is 1.04 bits per heavy atom. The molecule has 3 saturated heterocycles. The number of anilines is 1. The van der Waals surface area contributed by atoms with Crippen LogP contribution in [0, 0.1) is 0 Å². The van der Waals surface area contributed by atoms with Gasteiger partial charge in [0.1, 0.15) is 6.54 Å². The van der Waals surface area contributed by atoms with Crippen molar-refractivity contribution in [3.05, 3.63) is 30.3 Å². The molecule has 0 radical (unpaired) electrons. The highest BCUT2D eigenvalue weighted by atomic mass is 32.2. The lowest BCUT2D eigenvalue weighted by molar-refractivity contribution is -0.138. The Bertz CT molecular complexity index is 720. The molecule has 4 rings (SSSR count). The third-order valence-electron chi connectivity index (χ3n) is 5.84. The van der Waals surface area contributed by atoms with Crippen molar-refractivity contribution >= 4 is 34.5 Å². The number of piperazine rings is 1. The maximum Gasteiger partial charge on any atom is 0.289 e. The minimum atomic E-state index is -0.302. The van der Waals surface area contributed by atoms with Crippen molar-refractivity contribution in [1.82, 2.24) is 14.7 Å². The third-order valence-corrected chi connectivity index (χ3v) is 6.69. The highest BCUT2D eigenvalue weighted by Crippen LogP contribution is 2.22. The zero-order chi connectivity index (χ0) is 19.5. The van der Waals surface area contributed by atoms with E-state index in [-0.39, 0.29) is 29.4 Å². The molecular weight excluding hydrogens is 376 g/mol. The van der Waals surface area contributed by atoms with E-state index in [1.54, 1.807) is 0 Å². The zero-order valence-electron chi connectivity index (χ0n) is 16.0. The average molecular weight is 403 g/mol. The number of likely N-dealkylation sites (tertiary alicyclic amines) is 1. The third kappa shape index (κ3) is 4.17. The number of hydrogen-bond acceptors (Lipinski definition) is 6. The molecule has 0 bridgehead atoms. The highest BCUT2D eigenvalue weighted by molar-refractivity contribution is 8.14. The van der Waals surface area contributed by atoms with Crippen molar-refractivity contribution in [2.45, 2.75) is 18.9 Å². The predicted octanol–water partition coefficient (Wildman–Crippen LogP) is 1.49. The number of para-hydroxylation sites is 1. The van der Waals surface area contributed by atoms with E-state index in [4.69, 9.17) is 0 Å². The summed E-state index contributed by atoms with van der Waals surface area (Å²) in [7, 11) is 0. The highest BCUT2D eigenvalue weighted by Gasteiger charge is 2.35. The molecule has 3 aliphatic rings. The summed E-state index contributed by atoms with van der Waals surface area (Å²) >= 11 is 0.978. The largest absolute Gasteiger partial charge is 0.369 e. The van der Waals surface area contributed by atoms with Crippen LogP contribution in [0.25, 0.3) is 0 Å². The van der Waals surface area contributed by atoms with Gasteiger partial charge in [0.25, 0.3) is 5.24 Å². The molecule has 28 heavy (non-hydrogen) atoms. The van der Waals surface area contributed by atoms with Gasteiger partial charge in [0.2, 0.25) is 11.8 Å². The van der Waals surface area contributed by atoms with Gasteiger partial charge in [-0.1, -0.05) is 30.0 Å². The van der Waals surface area contributed by atoms with E-state index in [0.29, 0.717) is 19.1 Å². The molecule has 1 atom stereocenters. The molecule has 3 heterocycles. The van der Waals surface area contributed by atoms with E-state index in [1.807, 2.05) is 11.0 Å². The first kappa shape index (κ1) is 19.3. The number of rotatable bonds is 4. The van der Waals surface area contributed by atoms with Gasteiger partial charge >= 0.3 is 0 Å². The fraction of sp³-hybridized carbons (Fsp3) is 0.550. The van der Waals surface area contributed by atoms with Gasteiger partial charge in [0, 0.05) is 51.0 Å². The Morgan fingerprint density at radius 3 is 2.46 bits per heavy atom. The van der Waals surface area contributed by atoms with Gasteiger partial charge in [-0.05, 0) is 25.0 Å². The van der Waals surface area contributed by atoms with Crippen LogP contribution in [0.4, 0.5) is 10.5 Å². The number of carbonyl (C=O) groups excluding carboxylic acids is 3. The van der Waals surface area contributed by atoms with Crippen LogP contribution < -0.4 is 4.90 Å². The van der Waals surface area contributed by atoms with Crippen molar-refractivity contribution in [3.63, 3.8) is 0 Å². The lowest BCUT2D eigenvalue weighted by atomic mass is 10.0. The number of thioether (sulfide) groups is 1. The second-order valence-corrected chi connectivity index (χ2v) is 8.46. The van der Waals surface area contributed by atoms with Crippen LogP contribution in [-0.4, -0.2) is 89.4 Å². The number of benzene rings is 1. The van der Waals surface area contributed by atoms with Crippen molar-refractivity contribution in [3.8, 4) is 0 Å². The standard InChI is InChI=1S/C20H26N4O3S/c25-18(14-24-19(26)15-28-20(24)27)23-8-4-7-17(13-23)22-11-9-21(10-12-22)16-5-2-1-3-6-16/h1-3,5-6,17H,4,7-15H2/t17-/m0/s1. The number of piperidine rings is 1. The number of imide groups is 1. The van der Waals surface area contributed by atoms with Gasteiger partial charge in [-0.2, -0.15) is 0 Å². The Balaban J connectivity index is 1.30. The second kappa shape index (κ2) is 8.53. The molecule has 7 nitrogen and oxygen atoms in total. The van der Waals surface area contributed by atoms with Gasteiger partial charge in [-0.25, -0.2) is 0 Å². The predicted molar refractivity (Wildman–Crippen MR) is 109 cm³/mol. The molecule has 1 aromatic carbocycles. The molecular formula is C20H26N4O3S. The molecule has 0 saturated carbocycles. The maximum atomic E-state index is 12.7. The monoisotopic (exact) mass is 402 g/mol. The van der Waals surface area contributed by atoms with Crippen LogP contribution in [0.2, 0.25) is 0 Å². The molecule has 0 aliphatic carbocycles. The Morgan fingerprint density at radius 2 is 1.79 bits per heavy atom. The van der Waals surface area contributed by atoms with Crippen molar-refractivity contribution < 1.29 is 14.4 Å². The SMILES string of the molecule is O=C(CN1C(=O)CSC1=O)N1CCC[C@H](N2CCN(c3ccccc3)CC2)C1. The molecule has 3 amide bonds. The van der Waals surface area contributed by atoms with Gasteiger partial charge in [-0.3, -0.25) is 24.2 Å². The number of carbonyl (C=O) groups is 3. The van der Waals surface area contributed by atoms with Gasteiger partial charge in [0.05, 0.1) is 5.75 Å². The van der Waals surface area contributed by atoms with E-state index in [2.05, 4.69) is 34.1 Å². The summed E-state index contributed by atoms with van der Waals surface area (Å²) < 4.78 is 0. The van der Waals surface area contributed by atoms with Crippen LogP contribution >= 0.6 is 11.8 Å². The molecule has 0 aromatic heterocycles. The molecule has 0 unspecified atom stereocenters. The lowest BCUT2D eigenvalue weighted by Crippen LogP contribution is -2.56. The lowest BCUT2D eigenvalue weighted by Gasteiger charge is -2.44. The summed E-state index contributed by atoms with van der Waals surface area (Å²) in [5.74, 6) is -0.216. The van der Waals surface area contributed by atoms with Crippen molar-refractivity contribution in [2.75, 3.05) is 56.5 Å². The average Bonchev–Trinajstić information content (AvgIpc) is 3.06. The summed E-state index contributed by atoms with van der Waals surface area (Å²) in [5, 5.41) is -0.302. The van der Waals surface area contributed by atoms with Crippen LogP contribution in [0.3, 0.4) is 0 Å². The van der Waals surface area contributed by atoms with Gasteiger partial charge < -0.3 is 9.80 Å². The Hall–Kier alpha value is -2.06. The first-order chi connectivity index (χ1) is 13.6. The quantitative estimate of drug-likeness (QED) is 0.761. The van der Waals surface area contributed by atoms with E-state index in [9.17, 15) is 14.4 Å². The fourth-order valence-corrected chi connectivity index (χ4v) is 4.96.